The van der Waals surface area contributed by atoms with Crippen LogP contribution >= 0.6 is 0 Å². The number of benzene rings is 1. The Morgan fingerprint density at radius 3 is 2.65 bits per heavy atom. The van der Waals surface area contributed by atoms with Crippen LogP contribution in [0.2, 0.25) is 0 Å². The summed E-state index contributed by atoms with van der Waals surface area (Å²) in [5.41, 5.74) is 1.01. The molecule has 4 nitrogen and oxygen atoms in total. The SMILES string of the molecule is CC(C)Oc1ccccc1C(C)NC(=O)CNC1CC1. The first-order chi connectivity index (χ1) is 9.56. The quantitative estimate of drug-likeness (QED) is 0.804. The van der Waals surface area contributed by atoms with Gasteiger partial charge in [0.05, 0.1) is 18.7 Å². The van der Waals surface area contributed by atoms with Crippen molar-refractivity contribution in [1.82, 2.24) is 10.6 Å². The highest BCUT2D eigenvalue weighted by Gasteiger charge is 2.22. The minimum Gasteiger partial charge on any atom is -0.491 e. The summed E-state index contributed by atoms with van der Waals surface area (Å²) in [7, 11) is 0. The number of rotatable bonds is 7. The molecule has 0 spiro atoms. The summed E-state index contributed by atoms with van der Waals surface area (Å²) < 4.78 is 5.79. The second-order valence-electron chi connectivity index (χ2n) is 5.65. The molecule has 1 fully saturated rings. The van der Waals surface area contributed by atoms with Gasteiger partial charge in [-0.1, -0.05) is 18.2 Å². The molecule has 1 aromatic rings. The molecule has 0 aromatic heterocycles. The van der Waals surface area contributed by atoms with Gasteiger partial charge in [-0.25, -0.2) is 0 Å². The molecule has 0 aliphatic heterocycles. The van der Waals surface area contributed by atoms with E-state index in [4.69, 9.17) is 4.74 Å². The fraction of sp³-hybridized carbons (Fsp3) is 0.562. The van der Waals surface area contributed by atoms with Crippen LogP contribution in [-0.4, -0.2) is 24.6 Å². The van der Waals surface area contributed by atoms with Crippen molar-refractivity contribution in [3.8, 4) is 5.75 Å². The highest BCUT2D eigenvalue weighted by atomic mass is 16.5. The fourth-order valence-electron chi connectivity index (χ4n) is 2.09. The molecule has 1 unspecified atom stereocenters. The van der Waals surface area contributed by atoms with Crippen molar-refractivity contribution >= 4 is 5.91 Å². The normalized spacial score (nSPS) is 16.0. The molecule has 4 heteroatoms. The Balaban J connectivity index is 1.93. The average Bonchev–Trinajstić information content (AvgIpc) is 3.20. The zero-order valence-corrected chi connectivity index (χ0v) is 12.5. The zero-order valence-electron chi connectivity index (χ0n) is 12.5. The smallest absolute Gasteiger partial charge is 0.234 e. The van der Waals surface area contributed by atoms with Crippen LogP contribution in [0.4, 0.5) is 0 Å². The van der Waals surface area contributed by atoms with Crippen LogP contribution in [0.5, 0.6) is 5.75 Å². The second-order valence-corrected chi connectivity index (χ2v) is 5.65. The first-order valence-corrected chi connectivity index (χ1v) is 7.34. The van der Waals surface area contributed by atoms with Gasteiger partial charge in [-0.05, 0) is 39.7 Å². The Morgan fingerprint density at radius 2 is 2.00 bits per heavy atom. The molecule has 20 heavy (non-hydrogen) atoms. The number of carbonyl (C=O) groups is 1. The molecule has 1 saturated carbocycles. The summed E-state index contributed by atoms with van der Waals surface area (Å²) in [6.07, 6.45) is 2.50. The van der Waals surface area contributed by atoms with E-state index >= 15 is 0 Å². The van der Waals surface area contributed by atoms with Crippen molar-refractivity contribution in [3.63, 3.8) is 0 Å². The Morgan fingerprint density at radius 1 is 1.30 bits per heavy atom. The number of para-hydroxylation sites is 1. The first kappa shape index (κ1) is 14.9. The fourth-order valence-corrected chi connectivity index (χ4v) is 2.09. The topological polar surface area (TPSA) is 50.4 Å². The molecule has 0 saturated heterocycles. The molecule has 1 aliphatic rings. The molecule has 2 rings (SSSR count). The van der Waals surface area contributed by atoms with Gasteiger partial charge in [0, 0.05) is 11.6 Å². The zero-order chi connectivity index (χ0) is 14.5. The van der Waals surface area contributed by atoms with E-state index in [0.717, 1.165) is 11.3 Å². The third-order valence-electron chi connectivity index (χ3n) is 3.25. The Kier molecular flexibility index (Phi) is 5.01. The summed E-state index contributed by atoms with van der Waals surface area (Å²) in [6, 6.07) is 8.35. The molecule has 2 N–H and O–H groups in total. The minimum absolute atomic E-state index is 0.0313. The van der Waals surface area contributed by atoms with Gasteiger partial charge in [-0.3, -0.25) is 4.79 Å². The highest BCUT2D eigenvalue weighted by molar-refractivity contribution is 5.78. The van der Waals surface area contributed by atoms with E-state index in [1.165, 1.54) is 12.8 Å². The predicted octanol–water partition coefficient (Wildman–Crippen LogP) is 2.40. The van der Waals surface area contributed by atoms with Crippen LogP contribution in [-0.2, 0) is 4.79 Å². The average molecular weight is 276 g/mol. The minimum atomic E-state index is -0.0570. The van der Waals surface area contributed by atoms with Crippen molar-refractivity contribution in [3.05, 3.63) is 29.8 Å². The van der Waals surface area contributed by atoms with E-state index in [-0.39, 0.29) is 18.1 Å². The van der Waals surface area contributed by atoms with E-state index in [2.05, 4.69) is 10.6 Å². The number of hydrogen-bond acceptors (Lipinski definition) is 3. The number of hydrogen-bond donors (Lipinski definition) is 2. The predicted molar refractivity (Wildman–Crippen MR) is 79.8 cm³/mol. The Labute approximate surface area is 120 Å². The van der Waals surface area contributed by atoms with Gasteiger partial charge < -0.3 is 15.4 Å². The van der Waals surface area contributed by atoms with E-state index in [9.17, 15) is 4.79 Å². The number of ether oxygens (including phenoxy) is 1. The molecule has 1 aliphatic carbocycles. The lowest BCUT2D eigenvalue weighted by Gasteiger charge is -2.20. The lowest BCUT2D eigenvalue weighted by atomic mass is 10.1. The maximum absolute atomic E-state index is 11.9. The van der Waals surface area contributed by atoms with Gasteiger partial charge >= 0.3 is 0 Å². The van der Waals surface area contributed by atoms with Gasteiger partial charge in [0.2, 0.25) is 5.91 Å². The van der Waals surface area contributed by atoms with Gasteiger partial charge in [0.15, 0.2) is 0 Å². The number of nitrogens with one attached hydrogen (secondary N) is 2. The maximum atomic E-state index is 11.9. The maximum Gasteiger partial charge on any atom is 0.234 e. The summed E-state index contributed by atoms with van der Waals surface area (Å²) in [6.45, 7) is 6.37. The van der Waals surface area contributed by atoms with Crippen LogP contribution in [0.1, 0.15) is 45.2 Å². The third-order valence-corrected chi connectivity index (χ3v) is 3.25. The third kappa shape index (κ3) is 4.53. The van der Waals surface area contributed by atoms with Gasteiger partial charge in [0.1, 0.15) is 5.75 Å². The molecule has 1 amide bonds. The molecular weight excluding hydrogens is 252 g/mol. The molecule has 0 bridgehead atoms. The highest BCUT2D eigenvalue weighted by Crippen LogP contribution is 2.25. The largest absolute Gasteiger partial charge is 0.491 e. The standard InChI is InChI=1S/C16H24N2O2/c1-11(2)20-15-7-5-4-6-14(15)12(3)18-16(19)10-17-13-8-9-13/h4-7,11-13,17H,8-10H2,1-3H3,(H,18,19). The number of carbonyl (C=O) groups excluding carboxylic acids is 1. The van der Waals surface area contributed by atoms with E-state index in [1.807, 2.05) is 45.0 Å². The second kappa shape index (κ2) is 6.75. The van der Waals surface area contributed by atoms with Crippen molar-refractivity contribution in [2.75, 3.05) is 6.54 Å². The molecule has 110 valence electrons. The lowest BCUT2D eigenvalue weighted by molar-refractivity contribution is -0.120. The van der Waals surface area contributed by atoms with Crippen molar-refractivity contribution < 1.29 is 9.53 Å². The van der Waals surface area contributed by atoms with Crippen LogP contribution in [0, 0.1) is 0 Å². The Hall–Kier alpha value is -1.55. The Bertz CT molecular complexity index is 456. The molecular formula is C16H24N2O2. The van der Waals surface area contributed by atoms with E-state index in [1.54, 1.807) is 0 Å². The van der Waals surface area contributed by atoms with Crippen LogP contribution < -0.4 is 15.4 Å². The summed E-state index contributed by atoms with van der Waals surface area (Å²) in [4.78, 5) is 11.9. The van der Waals surface area contributed by atoms with Gasteiger partial charge in [-0.2, -0.15) is 0 Å². The summed E-state index contributed by atoms with van der Waals surface area (Å²) >= 11 is 0. The first-order valence-electron chi connectivity index (χ1n) is 7.34. The van der Waals surface area contributed by atoms with Gasteiger partial charge in [0.25, 0.3) is 0 Å². The van der Waals surface area contributed by atoms with Crippen LogP contribution in [0.25, 0.3) is 0 Å². The van der Waals surface area contributed by atoms with Crippen LogP contribution in [0.3, 0.4) is 0 Å². The van der Waals surface area contributed by atoms with E-state index < -0.39 is 0 Å². The number of amides is 1. The van der Waals surface area contributed by atoms with Crippen molar-refractivity contribution in [1.29, 1.82) is 0 Å². The van der Waals surface area contributed by atoms with Crippen molar-refractivity contribution in [2.24, 2.45) is 0 Å². The molecule has 1 atom stereocenters. The van der Waals surface area contributed by atoms with E-state index in [0.29, 0.717) is 12.6 Å². The van der Waals surface area contributed by atoms with Crippen molar-refractivity contribution in [2.45, 2.75) is 51.8 Å². The summed E-state index contributed by atoms with van der Waals surface area (Å²) in [5, 5.41) is 6.23. The molecule has 0 radical (unpaired) electrons. The molecule has 0 heterocycles. The summed E-state index contributed by atoms with van der Waals surface area (Å²) in [5.74, 6) is 0.870. The lowest BCUT2D eigenvalue weighted by Crippen LogP contribution is -2.36. The van der Waals surface area contributed by atoms with Crippen LogP contribution in [0.15, 0.2) is 24.3 Å². The monoisotopic (exact) mass is 276 g/mol. The van der Waals surface area contributed by atoms with Gasteiger partial charge in [-0.15, -0.1) is 0 Å². The molecule has 1 aromatic carbocycles.